The molecule has 3 atom stereocenters. The van der Waals surface area contributed by atoms with Crippen LogP contribution in [0.4, 0.5) is 4.79 Å². The lowest BCUT2D eigenvalue weighted by Crippen LogP contribution is -2.68. The molecular weight excluding hydrogens is 352 g/mol. The smallest absolute Gasteiger partial charge is 0.417 e. The normalized spacial score (nSPS) is 29.1. The molecule has 7 heteroatoms. The second-order valence-electron chi connectivity index (χ2n) is 6.90. The van der Waals surface area contributed by atoms with E-state index >= 15 is 0 Å². The van der Waals surface area contributed by atoms with Gasteiger partial charge in [0.2, 0.25) is 5.91 Å². The van der Waals surface area contributed by atoms with E-state index in [2.05, 4.69) is 15.9 Å². The topological polar surface area (TPSA) is 66.9 Å². The standard InChI is InChI=1S/C15H23BrN2O4/c1-9(19)17-8-12(20)18(14(21)22-15(2,3)4)13-10(16)6-5-7-11(13)17/h10-11,13H,5-8H2,1-4H3/t10-,11-,13-/m0/s1. The molecule has 0 bridgehead atoms. The number of carbonyl (C=O) groups is 3. The number of piperazine rings is 1. The van der Waals surface area contributed by atoms with E-state index in [4.69, 9.17) is 4.74 Å². The summed E-state index contributed by atoms with van der Waals surface area (Å²) in [4.78, 5) is 39.5. The average molecular weight is 375 g/mol. The summed E-state index contributed by atoms with van der Waals surface area (Å²) >= 11 is 3.58. The fraction of sp³-hybridized carbons (Fsp3) is 0.800. The zero-order valence-corrected chi connectivity index (χ0v) is 15.1. The third kappa shape index (κ3) is 3.45. The van der Waals surface area contributed by atoms with Crippen molar-refractivity contribution in [1.82, 2.24) is 9.80 Å². The molecule has 0 N–H and O–H groups in total. The van der Waals surface area contributed by atoms with E-state index in [0.717, 1.165) is 19.3 Å². The molecule has 3 amide bonds. The van der Waals surface area contributed by atoms with Crippen molar-refractivity contribution in [2.45, 2.75) is 69.5 Å². The minimum Gasteiger partial charge on any atom is -0.443 e. The highest BCUT2D eigenvalue weighted by molar-refractivity contribution is 9.09. The van der Waals surface area contributed by atoms with Crippen LogP contribution in [0.25, 0.3) is 0 Å². The van der Waals surface area contributed by atoms with E-state index in [1.54, 1.807) is 25.7 Å². The summed E-state index contributed by atoms with van der Waals surface area (Å²) in [7, 11) is 0. The summed E-state index contributed by atoms with van der Waals surface area (Å²) in [6, 6.07) is -0.505. The summed E-state index contributed by atoms with van der Waals surface area (Å²) < 4.78 is 5.38. The Bertz CT molecular complexity index is 488. The van der Waals surface area contributed by atoms with Gasteiger partial charge in [-0.2, -0.15) is 0 Å². The minimum absolute atomic E-state index is 0.0233. The second kappa shape index (κ2) is 6.18. The predicted molar refractivity (Wildman–Crippen MR) is 84.6 cm³/mol. The van der Waals surface area contributed by atoms with Crippen LogP contribution in [0.15, 0.2) is 0 Å². The summed E-state index contributed by atoms with van der Waals surface area (Å²) in [6.07, 6.45) is 1.98. The maximum absolute atomic E-state index is 12.5. The fourth-order valence-electron chi connectivity index (χ4n) is 3.16. The van der Waals surface area contributed by atoms with Gasteiger partial charge in [-0.3, -0.25) is 9.59 Å². The molecule has 2 fully saturated rings. The van der Waals surface area contributed by atoms with E-state index in [1.165, 1.54) is 11.8 Å². The zero-order chi connectivity index (χ0) is 16.7. The first-order valence-corrected chi connectivity index (χ1v) is 8.49. The van der Waals surface area contributed by atoms with Crippen LogP contribution in [0.5, 0.6) is 0 Å². The van der Waals surface area contributed by atoms with Gasteiger partial charge in [0, 0.05) is 11.8 Å². The van der Waals surface area contributed by atoms with Crippen LogP contribution in [0.2, 0.25) is 0 Å². The van der Waals surface area contributed by atoms with Crippen molar-refractivity contribution in [1.29, 1.82) is 0 Å². The molecule has 0 radical (unpaired) electrons. The Hall–Kier alpha value is -1.11. The highest BCUT2D eigenvalue weighted by atomic mass is 79.9. The van der Waals surface area contributed by atoms with Gasteiger partial charge in [-0.1, -0.05) is 22.4 Å². The quantitative estimate of drug-likeness (QED) is 0.610. The Balaban J connectivity index is 2.31. The SMILES string of the molecule is CC(=O)N1CC(=O)N(C(=O)OC(C)(C)C)[C@H]2[C@@H](Br)CCC[C@@H]21. The molecule has 0 aromatic heterocycles. The Kier molecular flexibility index (Phi) is 4.84. The number of nitrogens with zero attached hydrogens (tertiary/aromatic N) is 2. The van der Waals surface area contributed by atoms with Crippen molar-refractivity contribution in [3.05, 3.63) is 0 Å². The number of rotatable bonds is 0. The van der Waals surface area contributed by atoms with Crippen LogP contribution in [0.1, 0.15) is 47.0 Å². The van der Waals surface area contributed by atoms with Crippen LogP contribution in [-0.4, -0.2) is 56.8 Å². The summed E-state index contributed by atoms with van der Waals surface area (Å²) in [6.45, 7) is 6.71. The van der Waals surface area contributed by atoms with Crippen molar-refractivity contribution in [3.63, 3.8) is 0 Å². The Morgan fingerprint density at radius 1 is 1.27 bits per heavy atom. The number of alkyl halides is 1. The molecule has 6 nitrogen and oxygen atoms in total. The summed E-state index contributed by atoms with van der Waals surface area (Å²) in [5, 5.41) is 0. The molecule has 1 saturated carbocycles. The third-order valence-electron chi connectivity index (χ3n) is 4.01. The first kappa shape index (κ1) is 17.2. The largest absolute Gasteiger partial charge is 0.443 e. The molecular formula is C15H23BrN2O4. The number of hydrogen-bond donors (Lipinski definition) is 0. The van der Waals surface area contributed by atoms with E-state index in [1.807, 2.05) is 0 Å². The minimum atomic E-state index is -0.666. The first-order chi connectivity index (χ1) is 10.1. The third-order valence-corrected chi connectivity index (χ3v) is 5.01. The maximum Gasteiger partial charge on any atom is 0.417 e. The Morgan fingerprint density at radius 3 is 2.45 bits per heavy atom. The summed E-state index contributed by atoms with van der Waals surface area (Å²) in [5.74, 6) is -0.508. The van der Waals surface area contributed by atoms with Crippen molar-refractivity contribution in [2.75, 3.05) is 6.54 Å². The number of hydrogen-bond acceptors (Lipinski definition) is 4. The molecule has 0 aromatic carbocycles. The Morgan fingerprint density at radius 2 is 1.91 bits per heavy atom. The lowest BCUT2D eigenvalue weighted by atomic mass is 9.86. The molecule has 1 saturated heterocycles. The van der Waals surface area contributed by atoms with Crippen molar-refractivity contribution in [3.8, 4) is 0 Å². The van der Waals surface area contributed by atoms with Gasteiger partial charge in [0.25, 0.3) is 5.91 Å². The van der Waals surface area contributed by atoms with Gasteiger partial charge < -0.3 is 9.64 Å². The van der Waals surface area contributed by atoms with Crippen LogP contribution < -0.4 is 0 Å². The molecule has 0 unspecified atom stereocenters. The van der Waals surface area contributed by atoms with Gasteiger partial charge in [-0.25, -0.2) is 9.69 Å². The molecule has 2 rings (SSSR count). The molecule has 0 spiro atoms. The van der Waals surface area contributed by atoms with Gasteiger partial charge >= 0.3 is 6.09 Å². The molecule has 22 heavy (non-hydrogen) atoms. The van der Waals surface area contributed by atoms with Crippen molar-refractivity contribution >= 4 is 33.8 Å². The number of amides is 3. The van der Waals surface area contributed by atoms with E-state index in [0.29, 0.717) is 0 Å². The van der Waals surface area contributed by atoms with Gasteiger partial charge in [0.05, 0.1) is 12.1 Å². The highest BCUT2D eigenvalue weighted by Gasteiger charge is 2.50. The molecule has 1 aliphatic heterocycles. The van der Waals surface area contributed by atoms with Crippen LogP contribution >= 0.6 is 15.9 Å². The predicted octanol–water partition coefficient (Wildman–Crippen LogP) is 2.30. The van der Waals surface area contributed by atoms with E-state index in [-0.39, 0.29) is 35.3 Å². The molecule has 0 aromatic rings. The van der Waals surface area contributed by atoms with Gasteiger partial charge in [0.1, 0.15) is 12.1 Å². The van der Waals surface area contributed by atoms with Gasteiger partial charge in [-0.05, 0) is 33.6 Å². The van der Waals surface area contributed by atoms with Crippen LogP contribution in [0, 0.1) is 0 Å². The van der Waals surface area contributed by atoms with Crippen LogP contribution in [-0.2, 0) is 14.3 Å². The number of fused-ring (bicyclic) bond motifs is 1. The first-order valence-electron chi connectivity index (χ1n) is 7.58. The number of ether oxygens (including phenoxy) is 1. The highest BCUT2D eigenvalue weighted by Crippen LogP contribution is 2.35. The Labute approximate surface area is 139 Å². The monoisotopic (exact) mass is 374 g/mol. The average Bonchev–Trinajstić information content (AvgIpc) is 2.36. The van der Waals surface area contributed by atoms with Crippen LogP contribution in [0.3, 0.4) is 0 Å². The van der Waals surface area contributed by atoms with Gasteiger partial charge in [-0.15, -0.1) is 0 Å². The number of halogens is 1. The van der Waals surface area contributed by atoms with Gasteiger partial charge in [0.15, 0.2) is 0 Å². The second-order valence-corrected chi connectivity index (χ2v) is 8.07. The van der Waals surface area contributed by atoms with E-state index in [9.17, 15) is 14.4 Å². The maximum atomic E-state index is 12.5. The summed E-state index contributed by atoms with van der Waals surface area (Å²) in [5.41, 5.74) is -0.666. The molecule has 2 aliphatic rings. The zero-order valence-electron chi connectivity index (χ0n) is 13.5. The number of imide groups is 1. The molecule has 1 aliphatic carbocycles. The molecule has 124 valence electrons. The lowest BCUT2D eigenvalue weighted by Gasteiger charge is -2.49. The lowest BCUT2D eigenvalue weighted by molar-refractivity contribution is -0.152. The fourth-order valence-corrected chi connectivity index (χ4v) is 4.08. The number of carbonyl (C=O) groups excluding carboxylic acids is 3. The van der Waals surface area contributed by atoms with Crippen molar-refractivity contribution < 1.29 is 19.1 Å². The van der Waals surface area contributed by atoms with E-state index < -0.39 is 11.7 Å². The molecule has 1 heterocycles. The van der Waals surface area contributed by atoms with Crippen molar-refractivity contribution in [2.24, 2.45) is 0 Å².